The molecule has 0 aliphatic carbocycles. The molecule has 0 unspecified atom stereocenters. The van der Waals surface area contributed by atoms with E-state index in [-0.39, 0.29) is 17.1 Å². The van der Waals surface area contributed by atoms with Gasteiger partial charge in [-0.2, -0.15) is 5.26 Å². The second kappa shape index (κ2) is 7.73. The Balaban J connectivity index is 1.56. The summed E-state index contributed by atoms with van der Waals surface area (Å²) < 4.78 is 1.87. The Labute approximate surface area is 176 Å². The van der Waals surface area contributed by atoms with E-state index in [9.17, 15) is 10.1 Å². The zero-order chi connectivity index (χ0) is 20.5. The van der Waals surface area contributed by atoms with Crippen LogP contribution in [0.15, 0.2) is 58.3 Å². The van der Waals surface area contributed by atoms with Crippen LogP contribution in [0.1, 0.15) is 0 Å². The van der Waals surface area contributed by atoms with Gasteiger partial charge in [0, 0.05) is 21.1 Å². The monoisotopic (exact) mass is 422 g/mol. The van der Waals surface area contributed by atoms with E-state index in [1.807, 2.05) is 77.3 Å². The van der Waals surface area contributed by atoms with E-state index in [4.69, 9.17) is 0 Å². The highest BCUT2D eigenvalue weighted by molar-refractivity contribution is 7.99. The molecule has 2 aromatic heterocycles. The molecular formula is C20H18N6OS2. The molecule has 3 aromatic rings. The average Bonchev–Trinajstić information content (AvgIpc) is 3.43. The molecule has 1 aliphatic heterocycles. The smallest absolute Gasteiger partial charge is 0.191 e. The lowest BCUT2D eigenvalue weighted by Gasteiger charge is -2.19. The van der Waals surface area contributed by atoms with Gasteiger partial charge in [-0.15, -0.1) is 21.5 Å². The number of hydrogen-bond acceptors (Lipinski definition) is 8. The van der Waals surface area contributed by atoms with Gasteiger partial charge in [-0.25, -0.2) is 0 Å². The van der Waals surface area contributed by atoms with Crippen molar-refractivity contribution in [2.24, 2.45) is 7.05 Å². The van der Waals surface area contributed by atoms with Crippen molar-refractivity contribution in [2.75, 3.05) is 29.6 Å². The minimum absolute atomic E-state index is 0.112. The Bertz CT molecular complexity index is 1110. The number of hydrogen-bond donors (Lipinski definition) is 0. The van der Waals surface area contributed by atoms with E-state index in [2.05, 4.69) is 16.3 Å². The lowest BCUT2D eigenvalue weighted by Crippen LogP contribution is -2.26. The van der Waals surface area contributed by atoms with Gasteiger partial charge in [0.15, 0.2) is 16.8 Å². The molecule has 3 heterocycles. The number of carbonyl (C=O) groups is 1. The molecule has 0 saturated carbocycles. The van der Waals surface area contributed by atoms with Crippen molar-refractivity contribution in [3.8, 4) is 16.8 Å². The summed E-state index contributed by atoms with van der Waals surface area (Å²) in [6.45, 7) is 0. The molecule has 7 nitrogen and oxygen atoms in total. The summed E-state index contributed by atoms with van der Waals surface area (Å²) in [5.74, 6) is 1.23. The third-order valence-corrected chi connectivity index (χ3v) is 6.65. The maximum absolute atomic E-state index is 12.9. The van der Waals surface area contributed by atoms with Crippen LogP contribution in [0.3, 0.4) is 0 Å². The average molecular weight is 423 g/mol. The maximum atomic E-state index is 12.9. The Morgan fingerprint density at radius 1 is 1.10 bits per heavy atom. The number of Topliss-reactive ketones (excluding diaryl/α,β-unsaturated/α-hetero) is 1. The molecule has 0 atom stereocenters. The Kier molecular flexibility index (Phi) is 5.13. The summed E-state index contributed by atoms with van der Waals surface area (Å²) in [5.41, 5.74) is 2.07. The molecule has 0 fully saturated rings. The van der Waals surface area contributed by atoms with Crippen LogP contribution in [0.5, 0.6) is 0 Å². The van der Waals surface area contributed by atoms with E-state index in [0.717, 1.165) is 22.1 Å². The summed E-state index contributed by atoms with van der Waals surface area (Å²) >= 11 is 2.87. The number of nitrogens with zero attached hydrogens (tertiary/aromatic N) is 6. The third kappa shape index (κ3) is 3.30. The van der Waals surface area contributed by atoms with Crippen LogP contribution in [-0.2, 0) is 11.8 Å². The van der Waals surface area contributed by atoms with E-state index >= 15 is 0 Å². The number of rotatable bonds is 5. The first kappa shape index (κ1) is 19.2. The highest BCUT2D eigenvalue weighted by Gasteiger charge is 2.31. The van der Waals surface area contributed by atoms with Crippen LogP contribution in [0, 0.1) is 11.3 Å². The Morgan fingerprint density at radius 3 is 2.38 bits per heavy atom. The van der Waals surface area contributed by atoms with Crippen LogP contribution in [0.25, 0.3) is 10.7 Å². The lowest BCUT2D eigenvalue weighted by molar-refractivity contribution is -0.112. The zero-order valence-electron chi connectivity index (χ0n) is 16.2. The predicted molar refractivity (Wildman–Crippen MR) is 116 cm³/mol. The van der Waals surface area contributed by atoms with Crippen molar-refractivity contribution >= 4 is 40.3 Å². The van der Waals surface area contributed by atoms with Gasteiger partial charge in [-0.05, 0) is 23.6 Å². The van der Waals surface area contributed by atoms with Gasteiger partial charge >= 0.3 is 0 Å². The Hall–Kier alpha value is -3.09. The minimum atomic E-state index is -0.236. The maximum Gasteiger partial charge on any atom is 0.191 e. The first-order valence-corrected chi connectivity index (χ1v) is 10.7. The molecule has 0 N–H and O–H groups in total. The van der Waals surface area contributed by atoms with Crippen molar-refractivity contribution in [2.45, 2.75) is 5.16 Å². The van der Waals surface area contributed by atoms with Gasteiger partial charge in [0.25, 0.3) is 0 Å². The molecule has 9 heteroatoms. The van der Waals surface area contributed by atoms with E-state index in [1.54, 1.807) is 11.3 Å². The van der Waals surface area contributed by atoms with Crippen LogP contribution in [-0.4, -0.2) is 40.4 Å². The fourth-order valence-electron chi connectivity index (χ4n) is 3.32. The molecule has 1 aromatic carbocycles. The number of benzene rings is 1. The van der Waals surface area contributed by atoms with E-state index in [1.165, 1.54) is 11.8 Å². The number of para-hydroxylation sites is 2. The summed E-state index contributed by atoms with van der Waals surface area (Å²) in [4.78, 5) is 17.7. The largest absolute Gasteiger partial charge is 0.328 e. The molecule has 0 radical (unpaired) electrons. The number of fused-ring (bicyclic) bond motifs is 1. The van der Waals surface area contributed by atoms with Crippen LogP contribution >= 0.6 is 23.1 Å². The van der Waals surface area contributed by atoms with Crippen molar-refractivity contribution < 1.29 is 4.79 Å². The normalized spacial score (nSPS) is 12.8. The SMILES string of the molecule is CN1C(=C(C#N)C(=O)CSc2nnc(-c3cccs3)n2C)N(C)c2ccccc21. The van der Waals surface area contributed by atoms with Crippen LogP contribution in [0.2, 0.25) is 0 Å². The van der Waals surface area contributed by atoms with Gasteiger partial charge in [-0.1, -0.05) is 30.0 Å². The van der Waals surface area contributed by atoms with Crippen molar-refractivity contribution in [3.63, 3.8) is 0 Å². The fourth-order valence-corrected chi connectivity index (χ4v) is 4.85. The number of anilines is 2. The number of aromatic nitrogens is 3. The second-order valence-corrected chi connectivity index (χ2v) is 8.36. The topological polar surface area (TPSA) is 78.0 Å². The van der Waals surface area contributed by atoms with Gasteiger partial charge in [-0.3, -0.25) is 4.79 Å². The van der Waals surface area contributed by atoms with Gasteiger partial charge in [0.1, 0.15) is 17.5 Å². The molecule has 0 spiro atoms. The molecule has 29 heavy (non-hydrogen) atoms. The molecule has 1 aliphatic rings. The summed E-state index contributed by atoms with van der Waals surface area (Å²) in [6, 6.07) is 13.9. The zero-order valence-corrected chi connectivity index (χ0v) is 17.8. The van der Waals surface area contributed by atoms with Crippen molar-refractivity contribution in [1.29, 1.82) is 5.26 Å². The number of allylic oxidation sites excluding steroid dienone is 1. The standard InChI is InChI=1S/C20H18N6OS2/c1-24-14-7-4-5-8-15(14)25(2)19(24)13(11-21)16(27)12-29-20-23-22-18(26(20)3)17-9-6-10-28-17/h4-10H,12H2,1-3H3. The molecule has 146 valence electrons. The van der Waals surface area contributed by atoms with Gasteiger partial charge < -0.3 is 14.4 Å². The number of carbonyl (C=O) groups excluding carboxylic acids is 1. The van der Waals surface area contributed by atoms with Gasteiger partial charge in [0.05, 0.1) is 22.0 Å². The summed E-state index contributed by atoms with van der Waals surface area (Å²) in [6.07, 6.45) is 0. The molecule has 4 rings (SSSR count). The quantitative estimate of drug-likeness (QED) is 0.354. The van der Waals surface area contributed by atoms with Crippen molar-refractivity contribution in [3.05, 3.63) is 53.2 Å². The molecule has 0 bridgehead atoms. The number of ketones is 1. The molecular weight excluding hydrogens is 404 g/mol. The third-order valence-electron chi connectivity index (χ3n) is 4.76. The van der Waals surface area contributed by atoms with Gasteiger partial charge in [0.2, 0.25) is 0 Å². The number of thiophene rings is 1. The first-order chi connectivity index (χ1) is 14.0. The number of thioether (sulfide) groups is 1. The lowest BCUT2D eigenvalue weighted by atomic mass is 10.2. The molecule has 0 saturated heterocycles. The highest BCUT2D eigenvalue weighted by Crippen LogP contribution is 2.40. The second-order valence-electron chi connectivity index (χ2n) is 6.47. The van der Waals surface area contributed by atoms with E-state index < -0.39 is 0 Å². The fraction of sp³-hybridized carbons (Fsp3) is 0.200. The predicted octanol–water partition coefficient (Wildman–Crippen LogP) is 3.53. The van der Waals surface area contributed by atoms with Crippen molar-refractivity contribution in [1.82, 2.24) is 14.8 Å². The van der Waals surface area contributed by atoms with Crippen LogP contribution < -0.4 is 9.80 Å². The Morgan fingerprint density at radius 2 is 1.79 bits per heavy atom. The van der Waals surface area contributed by atoms with Crippen LogP contribution in [0.4, 0.5) is 11.4 Å². The first-order valence-electron chi connectivity index (χ1n) is 8.83. The summed E-state index contributed by atoms with van der Waals surface area (Å²) in [5, 5.41) is 20.8. The number of nitriles is 1. The summed E-state index contributed by atoms with van der Waals surface area (Å²) in [7, 11) is 5.61. The minimum Gasteiger partial charge on any atom is -0.328 e. The molecule has 0 amide bonds. The highest BCUT2D eigenvalue weighted by atomic mass is 32.2. The van der Waals surface area contributed by atoms with E-state index in [0.29, 0.717) is 11.0 Å².